The molecule has 0 atom stereocenters. The number of nitrogens with one attached hydrogen (secondary N) is 3. The fourth-order valence-electron chi connectivity index (χ4n) is 1.79. The number of amides is 2. The van der Waals surface area contributed by atoms with Crippen molar-refractivity contribution in [3.8, 4) is 0 Å². The van der Waals surface area contributed by atoms with Gasteiger partial charge >= 0.3 is 0 Å². The Balaban J connectivity index is 1.86. The van der Waals surface area contributed by atoms with Crippen molar-refractivity contribution in [1.29, 1.82) is 0 Å². The standard InChI is InChI=1S/C16H14Cl2FN3O2/c1-9-2-4-10(5-3-9)20-8-15(23)21-22-16(24)11-6-14(19)13(18)7-12(11)17/h2-7,20H,8H2,1H3,(H,21,23)(H,22,24). The van der Waals surface area contributed by atoms with Crippen LogP contribution in [0.1, 0.15) is 15.9 Å². The van der Waals surface area contributed by atoms with Gasteiger partial charge < -0.3 is 5.32 Å². The molecule has 0 unspecified atom stereocenters. The van der Waals surface area contributed by atoms with Gasteiger partial charge in [-0.05, 0) is 31.2 Å². The Bertz CT molecular complexity index is 767. The number of hydrogen-bond acceptors (Lipinski definition) is 3. The van der Waals surface area contributed by atoms with E-state index in [0.29, 0.717) is 0 Å². The third-order valence-corrected chi connectivity index (χ3v) is 3.68. The minimum absolute atomic E-state index is 0.0223. The fourth-order valence-corrected chi connectivity index (χ4v) is 2.26. The zero-order valence-corrected chi connectivity index (χ0v) is 14.1. The fraction of sp³-hybridized carbons (Fsp3) is 0.125. The SMILES string of the molecule is Cc1ccc(NCC(=O)NNC(=O)c2cc(F)c(Cl)cc2Cl)cc1. The smallest absolute Gasteiger partial charge is 0.271 e. The maximum absolute atomic E-state index is 13.4. The van der Waals surface area contributed by atoms with Crippen LogP contribution < -0.4 is 16.2 Å². The molecule has 3 N–H and O–H groups in total. The quantitative estimate of drug-likeness (QED) is 0.571. The number of carbonyl (C=O) groups is 2. The Hall–Kier alpha value is -2.31. The van der Waals surface area contributed by atoms with Gasteiger partial charge in [0.05, 0.1) is 22.2 Å². The van der Waals surface area contributed by atoms with E-state index in [0.717, 1.165) is 23.4 Å². The second kappa shape index (κ2) is 7.99. The number of hydrogen-bond donors (Lipinski definition) is 3. The number of anilines is 1. The number of rotatable bonds is 4. The molecule has 24 heavy (non-hydrogen) atoms. The van der Waals surface area contributed by atoms with E-state index in [2.05, 4.69) is 16.2 Å². The van der Waals surface area contributed by atoms with E-state index in [1.807, 2.05) is 31.2 Å². The first-order valence-corrected chi connectivity index (χ1v) is 7.66. The van der Waals surface area contributed by atoms with Crippen LogP contribution in [-0.4, -0.2) is 18.4 Å². The highest BCUT2D eigenvalue weighted by Gasteiger charge is 2.14. The average Bonchev–Trinajstić information content (AvgIpc) is 2.55. The Morgan fingerprint density at radius 3 is 2.38 bits per heavy atom. The van der Waals surface area contributed by atoms with Gasteiger partial charge in [0.2, 0.25) is 0 Å². The third-order valence-electron chi connectivity index (χ3n) is 3.07. The van der Waals surface area contributed by atoms with Crippen molar-refractivity contribution < 1.29 is 14.0 Å². The number of aryl methyl sites for hydroxylation is 1. The highest BCUT2D eigenvalue weighted by molar-refractivity contribution is 6.36. The summed E-state index contributed by atoms with van der Waals surface area (Å²) in [6.07, 6.45) is 0. The van der Waals surface area contributed by atoms with Crippen molar-refractivity contribution in [2.75, 3.05) is 11.9 Å². The van der Waals surface area contributed by atoms with E-state index >= 15 is 0 Å². The molecule has 2 rings (SSSR count). The highest BCUT2D eigenvalue weighted by Crippen LogP contribution is 2.24. The molecule has 2 aromatic rings. The molecule has 2 amide bonds. The van der Waals surface area contributed by atoms with Crippen molar-refractivity contribution in [3.63, 3.8) is 0 Å². The van der Waals surface area contributed by atoms with Gasteiger partial charge in [0, 0.05) is 5.69 Å². The molecular formula is C16H14Cl2FN3O2. The van der Waals surface area contributed by atoms with Gasteiger partial charge in [-0.1, -0.05) is 40.9 Å². The Labute approximate surface area is 148 Å². The van der Waals surface area contributed by atoms with Crippen LogP contribution in [0.25, 0.3) is 0 Å². The van der Waals surface area contributed by atoms with Crippen LogP contribution in [-0.2, 0) is 4.79 Å². The molecule has 126 valence electrons. The van der Waals surface area contributed by atoms with E-state index in [-0.39, 0.29) is 22.2 Å². The molecule has 8 heteroatoms. The first-order chi connectivity index (χ1) is 11.4. The van der Waals surface area contributed by atoms with Crippen LogP contribution >= 0.6 is 23.2 Å². The van der Waals surface area contributed by atoms with E-state index in [9.17, 15) is 14.0 Å². The summed E-state index contributed by atoms with van der Waals surface area (Å²) >= 11 is 11.4. The summed E-state index contributed by atoms with van der Waals surface area (Å²) in [6.45, 7) is 1.91. The number of benzene rings is 2. The number of hydrazine groups is 1. The second-order valence-electron chi connectivity index (χ2n) is 4.97. The predicted molar refractivity (Wildman–Crippen MR) is 91.7 cm³/mol. The molecule has 0 fully saturated rings. The summed E-state index contributed by atoms with van der Waals surface area (Å²) in [5, 5.41) is 2.68. The van der Waals surface area contributed by atoms with Crippen molar-refractivity contribution in [2.45, 2.75) is 6.92 Å². The van der Waals surface area contributed by atoms with E-state index in [1.54, 1.807) is 0 Å². The number of carbonyl (C=O) groups excluding carboxylic acids is 2. The molecule has 0 spiro atoms. The Kier molecular flexibility index (Phi) is 6.00. The average molecular weight is 370 g/mol. The van der Waals surface area contributed by atoms with Crippen molar-refractivity contribution >= 4 is 40.7 Å². The minimum Gasteiger partial charge on any atom is -0.376 e. The Morgan fingerprint density at radius 1 is 1.04 bits per heavy atom. The molecule has 0 saturated heterocycles. The van der Waals surface area contributed by atoms with Crippen molar-refractivity contribution in [3.05, 3.63) is 63.4 Å². The molecule has 0 aliphatic carbocycles. The monoisotopic (exact) mass is 369 g/mol. The summed E-state index contributed by atoms with van der Waals surface area (Å²) in [7, 11) is 0. The van der Waals surface area contributed by atoms with Crippen LogP contribution in [0.5, 0.6) is 0 Å². The lowest BCUT2D eigenvalue weighted by Gasteiger charge is -2.10. The molecule has 0 bridgehead atoms. The van der Waals surface area contributed by atoms with Crippen LogP contribution in [0, 0.1) is 12.7 Å². The van der Waals surface area contributed by atoms with Crippen molar-refractivity contribution in [2.24, 2.45) is 0 Å². The van der Waals surface area contributed by atoms with Gasteiger partial charge in [-0.25, -0.2) is 4.39 Å². The number of halogens is 3. The topological polar surface area (TPSA) is 70.2 Å². The van der Waals surface area contributed by atoms with Gasteiger partial charge in [-0.3, -0.25) is 20.4 Å². The van der Waals surface area contributed by atoms with Crippen LogP contribution in [0.2, 0.25) is 10.0 Å². The third kappa shape index (κ3) is 4.84. The molecule has 0 aliphatic heterocycles. The molecule has 0 aliphatic rings. The maximum atomic E-state index is 13.4. The minimum atomic E-state index is -0.779. The van der Waals surface area contributed by atoms with Gasteiger partial charge in [-0.15, -0.1) is 0 Å². The zero-order valence-electron chi connectivity index (χ0n) is 12.6. The first-order valence-electron chi connectivity index (χ1n) is 6.91. The molecule has 0 radical (unpaired) electrons. The second-order valence-corrected chi connectivity index (χ2v) is 5.78. The van der Waals surface area contributed by atoms with E-state index < -0.39 is 17.6 Å². The van der Waals surface area contributed by atoms with Crippen LogP contribution in [0.3, 0.4) is 0 Å². The van der Waals surface area contributed by atoms with E-state index in [1.165, 1.54) is 0 Å². The molecule has 2 aromatic carbocycles. The van der Waals surface area contributed by atoms with Crippen LogP contribution in [0.15, 0.2) is 36.4 Å². The van der Waals surface area contributed by atoms with Crippen LogP contribution in [0.4, 0.5) is 10.1 Å². The van der Waals surface area contributed by atoms with Gasteiger partial charge in [0.15, 0.2) is 0 Å². The summed E-state index contributed by atoms with van der Waals surface area (Å²) in [5.41, 5.74) is 6.10. The maximum Gasteiger partial charge on any atom is 0.271 e. The first kappa shape index (κ1) is 18.0. The van der Waals surface area contributed by atoms with Crippen molar-refractivity contribution in [1.82, 2.24) is 10.9 Å². The Morgan fingerprint density at radius 2 is 1.71 bits per heavy atom. The summed E-state index contributed by atoms with van der Waals surface area (Å²) in [6, 6.07) is 9.48. The molecule has 0 saturated carbocycles. The predicted octanol–water partition coefficient (Wildman–Crippen LogP) is 3.31. The largest absolute Gasteiger partial charge is 0.376 e. The molecular weight excluding hydrogens is 356 g/mol. The summed E-state index contributed by atoms with van der Waals surface area (Å²) < 4.78 is 13.4. The molecule has 0 aromatic heterocycles. The van der Waals surface area contributed by atoms with Gasteiger partial charge in [-0.2, -0.15) is 0 Å². The normalized spacial score (nSPS) is 10.2. The van der Waals surface area contributed by atoms with Gasteiger partial charge in [0.1, 0.15) is 5.82 Å². The van der Waals surface area contributed by atoms with E-state index in [4.69, 9.17) is 23.2 Å². The summed E-state index contributed by atoms with van der Waals surface area (Å²) in [4.78, 5) is 23.6. The highest BCUT2D eigenvalue weighted by atomic mass is 35.5. The van der Waals surface area contributed by atoms with Gasteiger partial charge in [0.25, 0.3) is 11.8 Å². The summed E-state index contributed by atoms with van der Waals surface area (Å²) in [5.74, 6) is -2.01. The lowest BCUT2D eigenvalue weighted by atomic mass is 10.2. The zero-order chi connectivity index (χ0) is 17.7. The lowest BCUT2D eigenvalue weighted by Crippen LogP contribution is -2.44. The molecule has 5 nitrogen and oxygen atoms in total. The molecule has 0 heterocycles. The lowest BCUT2D eigenvalue weighted by molar-refractivity contribution is -0.120.